The van der Waals surface area contributed by atoms with E-state index in [4.69, 9.17) is 4.12 Å². The Kier molecular flexibility index (Phi) is 4.83. The van der Waals surface area contributed by atoms with E-state index in [1.807, 2.05) is 0 Å². The highest BCUT2D eigenvalue weighted by Crippen LogP contribution is 2.05. The summed E-state index contributed by atoms with van der Waals surface area (Å²) in [5.74, 6) is 0. The molecule has 0 saturated carbocycles. The second-order valence-corrected chi connectivity index (χ2v) is 9.81. The molecule has 0 saturated heterocycles. The molecule has 0 fully saturated rings. The second kappa shape index (κ2) is 4.49. The van der Waals surface area contributed by atoms with Crippen molar-refractivity contribution >= 4 is 29.0 Å². The molecule has 0 amide bonds. The van der Waals surface area contributed by atoms with Crippen molar-refractivity contribution in [2.75, 3.05) is 0 Å². The van der Waals surface area contributed by atoms with Gasteiger partial charge in [-0.2, -0.15) is 0 Å². The lowest BCUT2D eigenvalue weighted by Gasteiger charge is -2.13. The maximum Gasteiger partial charge on any atom is 0.158 e. The summed E-state index contributed by atoms with van der Waals surface area (Å²) in [6.45, 7) is 7.03. The summed E-state index contributed by atoms with van der Waals surface area (Å²) in [6.07, 6.45) is 0. The molecule has 0 rings (SSSR count). The van der Waals surface area contributed by atoms with Gasteiger partial charge in [0.05, 0.1) is 0 Å². The maximum absolute atomic E-state index is 5.42. The van der Waals surface area contributed by atoms with Crippen LogP contribution < -0.4 is 0 Å². The molecule has 8 heavy (non-hydrogen) atoms. The first kappa shape index (κ1) is 8.61. The standard InChI is InChI=1S/C4H16OSi3/c1-4(7-2)8(3)5-6/h4,8H,7H2,1-3,6H3. The van der Waals surface area contributed by atoms with Crippen LogP contribution in [0.5, 0.6) is 0 Å². The van der Waals surface area contributed by atoms with Crippen molar-refractivity contribution in [2.45, 2.75) is 25.2 Å². The first-order valence-electron chi connectivity index (χ1n) is 3.25. The zero-order chi connectivity index (χ0) is 6.57. The highest BCUT2D eigenvalue weighted by molar-refractivity contribution is 6.68. The van der Waals surface area contributed by atoms with Gasteiger partial charge in [-0.05, 0) is 11.7 Å². The Bertz CT molecular complexity index is 51.2. The minimum absolute atomic E-state index is 0.239. The van der Waals surface area contributed by atoms with Crippen LogP contribution >= 0.6 is 0 Å². The smallest absolute Gasteiger partial charge is 0.158 e. The lowest BCUT2D eigenvalue weighted by atomic mass is 10.9. The summed E-state index contributed by atoms with van der Waals surface area (Å²) < 4.78 is 5.42. The summed E-state index contributed by atoms with van der Waals surface area (Å²) in [4.78, 5) is 0. The Balaban J connectivity index is 3.29. The van der Waals surface area contributed by atoms with Gasteiger partial charge in [0, 0.05) is 9.52 Å². The first-order valence-corrected chi connectivity index (χ1v) is 8.59. The predicted octanol–water partition coefficient (Wildman–Crippen LogP) is -0.799. The van der Waals surface area contributed by atoms with E-state index in [0.717, 1.165) is 15.7 Å². The largest absolute Gasteiger partial charge is 0.466 e. The van der Waals surface area contributed by atoms with Crippen LogP contribution in [0.2, 0.25) is 18.3 Å². The normalized spacial score (nSPS) is 19.9. The molecule has 0 aliphatic rings. The third-order valence-electron chi connectivity index (χ3n) is 1.82. The molecule has 2 unspecified atom stereocenters. The molecule has 1 nitrogen and oxygen atoms in total. The van der Waals surface area contributed by atoms with Gasteiger partial charge in [-0.1, -0.05) is 13.5 Å². The van der Waals surface area contributed by atoms with Crippen molar-refractivity contribution in [2.24, 2.45) is 0 Å². The van der Waals surface area contributed by atoms with E-state index in [1.54, 1.807) is 0 Å². The molecule has 0 aromatic rings. The van der Waals surface area contributed by atoms with E-state index >= 15 is 0 Å². The molecule has 0 aliphatic carbocycles. The Morgan fingerprint density at radius 2 is 2.25 bits per heavy atom. The highest BCUT2D eigenvalue weighted by atomic mass is 28.4. The fourth-order valence-electron chi connectivity index (χ4n) is 0.564. The molecule has 50 valence electrons. The van der Waals surface area contributed by atoms with Gasteiger partial charge in [-0.3, -0.25) is 0 Å². The van der Waals surface area contributed by atoms with E-state index in [9.17, 15) is 0 Å². The van der Waals surface area contributed by atoms with E-state index < -0.39 is 9.04 Å². The molecule has 4 heteroatoms. The fourth-order valence-corrected chi connectivity index (χ4v) is 6.81. The second-order valence-electron chi connectivity index (χ2n) is 2.33. The van der Waals surface area contributed by atoms with Crippen LogP contribution in [0.25, 0.3) is 0 Å². The Labute approximate surface area is 58.9 Å². The lowest BCUT2D eigenvalue weighted by molar-refractivity contribution is 0.632. The quantitative estimate of drug-likeness (QED) is 0.497. The van der Waals surface area contributed by atoms with Crippen molar-refractivity contribution in [1.29, 1.82) is 0 Å². The monoisotopic (exact) mass is 164 g/mol. The summed E-state index contributed by atoms with van der Waals surface area (Å²) in [5, 5.41) is 1.01. The van der Waals surface area contributed by atoms with Crippen LogP contribution in [0, 0.1) is 0 Å². The number of hydrogen-bond acceptors (Lipinski definition) is 1. The van der Waals surface area contributed by atoms with Gasteiger partial charge in [0.1, 0.15) is 10.5 Å². The molecule has 2 atom stereocenters. The Morgan fingerprint density at radius 3 is 2.38 bits per heavy atom. The molecule has 0 radical (unpaired) electrons. The summed E-state index contributed by atoms with van der Waals surface area (Å²) >= 11 is 0. The maximum atomic E-state index is 5.42. The van der Waals surface area contributed by atoms with Gasteiger partial charge in [0.2, 0.25) is 0 Å². The summed E-state index contributed by atoms with van der Waals surface area (Å²) in [6, 6.07) is 0. The van der Waals surface area contributed by atoms with Crippen LogP contribution in [0.1, 0.15) is 6.92 Å². The third kappa shape index (κ3) is 2.81. The molecule has 0 spiro atoms. The highest BCUT2D eigenvalue weighted by Gasteiger charge is 2.09. The van der Waals surface area contributed by atoms with E-state index in [2.05, 4.69) is 20.0 Å². The zero-order valence-corrected chi connectivity index (χ0v) is 10.8. The summed E-state index contributed by atoms with van der Waals surface area (Å²) in [7, 11) is 0.546. The minimum Gasteiger partial charge on any atom is -0.466 e. The molecule has 0 N–H and O–H groups in total. The van der Waals surface area contributed by atoms with Gasteiger partial charge in [-0.15, -0.1) is 0 Å². The molecule has 0 aromatic heterocycles. The van der Waals surface area contributed by atoms with Crippen LogP contribution in [-0.4, -0.2) is 29.0 Å². The fraction of sp³-hybridized carbons (Fsp3) is 1.00. The average molecular weight is 164 g/mol. The first-order chi connectivity index (χ1) is 3.72. The van der Waals surface area contributed by atoms with Gasteiger partial charge >= 0.3 is 0 Å². The molecule has 0 aromatic carbocycles. The van der Waals surface area contributed by atoms with Crippen LogP contribution in [0.3, 0.4) is 0 Å². The van der Waals surface area contributed by atoms with Gasteiger partial charge in [-0.25, -0.2) is 0 Å². The van der Waals surface area contributed by atoms with Gasteiger partial charge < -0.3 is 4.12 Å². The lowest BCUT2D eigenvalue weighted by Crippen LogP contribution is -2.20. The van der Waals surface area contributed by atoms with Crippen molar-refractivity contribution < 1.29 is 4.12 Å². The molecular weight excluding hydrogens is 148 g/mol. The molecule has 0 aliphatic heterocycles. The SMILES string of the molecule is C[SiH2]C(C)[SiH](C)O[SiH3]. The Hall–Kier alpha value is 0.611. The van der Waals surface area contributed by atoms with Crippen LogP contribution in [-0.2, 0) is 4.12 Å². The molecule has 0 bridgehead atoms. The predicted molar refractivity (Wildman–Crippen MR) is 47.9 cm³/mol. The Morgan fingerprint density at radius 1 is 1.75 bits per heavy atom. The zero-order valence-electron chi connectivity index (χ0n) is 6.27. The molecule has 0 heterocycles. The van der Waals surface area contributed by atoms with Crippen molar-refractivity contribution in [3.8, 4) is 0 Å². The van der Waals surface area contributed by atoms with Crippen LogP contribution in [0.4, 0.5) is 0 Å². The number of hydrogen-bond donors (Lipinski definition) is 0. The minimum atomic E-state index is -0.652. The topological polar surface area (TPSA) is 9.23 Å². The van der Waals surface area contributed by atoms with Crippen molar-refractivity contribution in [3.63, 3.8) is 0 Å². The van der Waals surface area contributed by atoms with E-state index in [-0.39, 0.29) is 9.52 Å². The van der Waals surface area contributed by atoms with Gasteiger partial charge in [0.25, 0.3) is 0 Å². The van der Waals surface area contributed by atoms with Gasteiger partial charge in [0.15, 0.2) is 9.04 Å². The van der Waals surface area contributed by atoms with E-state index in [0.29, 0.717) is 0 Å². The summed E-state index contributed by atoms with van der Waals surface area (Å²) in [5.41, 5.74) is 0. The molecular formula is C4H16OSi3. The van der Waals surface area contributed by atoms with Crippen LogP contribution in [0.15, 0.2) is 0 Å². The van der Waals surface area contributed by atoms with Crippen molar-refractivity contribution in [3.05, 3.63) is 0 Å². The average Bonchev–Trinajstić information content (AvgIpc) is 1.84. The number of rotatable bonds is 3. The van der Waals surface area contributed by atoms with E-state index in [1.165, 1.54) is 0 Å². The van der Waals surface area contributed by atoms with Crippen molar-refractivity contribution in [1.82, 2.24) is 0 Å². The third-order valence-corrected chi connectivity index (χ3v) is 11.1.